The van der Waals surface area contributed by atoms with Gasteiger partial charge in [-0.1, -0.05) is 0 Å². The molecule has 25 heteroatoms. The first-order valence-electron chi connectivity index (χ1n) is 4.95. The molecule has 2 unspecified atom stereocenters. The molecule has 0 aromatic rings. The third-order valence-corrected chi connectivity index (χ3v) is 3.27. The Morgan fingerprint density at radius 3 is 1.48 bits per heavy atom. The maximum Gasteiger partial charge on any atom is 1.00 e. The quantitative estimate of drug-likeness (QED) is 0.177. The van der Waals surface area contributed by atoms with Gasteiger partial charge in [-0.25, -0.2) is 0 Å². The summed E-state index contributed by atoms with van der Waals surface area (Å²) < 4.78 is 32.8. The van der Waals surface area contributed by atoms with Crippen LogP contribution in [0.15, 0.2) is 0 Å². The predicted octanol–water partition coefficient (Wildman–Crippen LogP) is -20.5. The zero-order chi connectivity index (χ0) is 15.8. The number of hydrogen-bond acceptors (Lipinski definition) is 11. The van der Waals surface area contributed by atoms with Gasteiger partial charge in [0.25, 0.3) is 7.82 Å². The molecule has 1 heterocycles. The first-order chi connectivity index (χ1) is 8.84. The molecule has 0 amide bonds. The van der Waals surface area contributed by atoms with Crippen molar-refractivity contribution in [1.82, 2.24) is 0 Å². The third kappa shape index (κ3) is 25.6. The summed E-state index contributed by atoms with van der Waals surface area (Å²) in [4.78, 5) is 39.2. The van der Waals surface area contributed by atoms with Gasteiger partial charge in [0.05, 0.1) is 14.4 Å². The average molecular weight is 550 g/mol. The molecule has 1 saturated heterocycles. The topological polar surface area (TPSA) is 464 Å². The summed E-state index contributed by atoms with van der Waals surface area (Å²) in [5.74, 6) is -2.74. The van der Waals surface area contributed by atoms with Crippen LogP contribution in [0, 0.1) is 0 Å². The molecule has 0 aromatic carbocycles. The number of rotatable bonds is 6. The van der Waals surface area contributed by atoms with Gasteiger partial charge in [0.15, 0.2) is 0 Å². The Morgan fingerprint density at radius 1 is 0.839 bits per heavy atom. The van der Waals surface area contributed by atoms with Crippen LogP contribution in [0.2, 0.25) is 0 Å². The van der Waals surface area contributed by atoms with Gasteiger partial charge in [-0.3, -0.25) is 4.57 Å². The number of phosphoric ester groups is 2. The predicted molar refractivity (Wildman–Crippen MR) is 80.1 cm³/mol. The van der Waals surface area contributed by atoms with Crippen LogP contribution in [0.25, 0.3) is 0 Å². The first-order valence-corrected chi connectivity index (χ1v) is 7.91. The van der Waals surface area contributed by atoms with Gasteiger partial charge in [0.2, 0.25) is 5.79 Å². The minimum Gasteiger partial charge on any atom is -0.790 e. The summed E-state index contributed by atoms with van der Waals surface area (Å²) in [6.07, 6.45) is -5.63. The Bertz CT molecular complexity index is 447. The van der Waals surface area contributed by atoms with Gasteiger partial charge in [-0.05, 0) is 0 Å². The fourth-order valence-corrected chi connectivity index (χ4v) is 2.14. The van der Waals surface area contributed by atoms with E-state index in [9.17, 15) is 39.1 Å². The van der Waals surface area contributed by atoms with E-state index in [2.05, 4.69) is 13.8 Å². The Labute approximate surface area is 241 Å². The Hall–Kier alpha value is 2.74. The second kappa shape index (κ2) is 27.3. The van der Waals surface area contributed by atoms with E-state index in [1.165, 1.54) is 0 Å². The van der Waals surface area contributed by atoms with Crippen molar-refractivity contribution in [2.75, 3.05) is 13.2 Å². The summed E-state index contributed by atoms with van der Waals surface area (Å²) in [6, 6.07) is 0. The van der Waals surface area contributed by atoms with Crippen LogP contribution in [0.1, 0.15) is 0 Å². The first kappa shape index (κ1) is 69.9. The molecule has 0 bridgehead atoms. The smallest absolute Gasteiger partial charge is 0.790 e. The van der Waals surface area contributed by atoms with E-state index in [0.717, 1.165) is 0 Å². The molecule has 0 aromatic heterocycles. The molecule has 31 heavy (non-hydrogen) atoms. The molecule has 0 spiro atoms. The summed E-state index contributed by atoms with van der Waals surface area (Å²) in [5.41, 5.74) is 0. The van der Waals surface area contributed by atoms with Crippen molar-refractivity contribution in [3.63, 3.8) is 0 Å². The number of aliphatic hydroxyl groups is 3. The van der Waals surface area contributed by atoms with Crippen LogP contribution in [0.3, 0.4) is 0 Å². The zero-order valence-electron chi connectivity index (χ0n) is 16.6. The number of aliphatic hydroxyl groups excluding tert-OH is 2. The summed E-state index contributed by atoms with van der Waals surface area (Å²) >= 11 is 0. The van der Waals surface area contributed by atoms with Crippen molar-refractivity contribution >= 4 is 15.6 Å². The van der Waals surface area contributed by atoms with E-state index in [1.54, 1.807) is 0 Å². The summed E-state index contributed by atoms with van der Waals surface area (Å²) in [7, 11) is -10.6. The molecule has 1 rings (SSSR count). The molecule has 20 nitrogen and oxygen atoms in total. The van der Waals surface area contributed by atoms with Gasteiger partial charge >= 0.3 is 88.7 Å². The van der Waals surface area contributed by atoms with Crippen LogP contribution in [0.5, 0.6) is 0 Å². The van der Waals surface area contributed by atoms with Gasteiger partial charge in [0, 0.05) is 0 Å². The molecular weight excluding hydrogens is 523 g/mol. The Morgan fingerprint density at radius 2 is 1.19 bits per heavy atom. The van der Waals surface area contributed by atoms with Gasteiger partial charge in [0.1, 0.15) is 24.9 Å². The van der Waals surface area contributed by atoms with E-state index < -0.39 is 53.0 Å². The monoisotopic (exact) mass is 550 g/mol. The maximum atomic E-state index is 10.4. The molecule has 5 atom stereocenters. The molecule has 1 fully saturated rings. The van der Waals surface area contributed by atoms with Crippen molar-refractivity contribution in [2.24, 2.45) is 0 Å². The SMILES string of the molecule is O.O.O.O.O.O.O.O.O=P([O-])([O-])OC[C@H]1OC(O)(COP(=O)([O-])O)[C@@H](O)[C@@H]1O.[Na+].[Na+].[Na+]. The van der Waals surface area contributed by atoms with Gasteiger partial charge < -0.3 is 97.1 Å². The van der Waals surface area contributed by atoms with Crippen molar-refractivity contribution in [3.05, 3.63) is 0 Å². The minimum absolute atomic E-state index is 0. The standard InChI is InChI=1S/C6H14O12P2.3Na.8H2O/c7-4-3(1-16-19(10,11)12)18-6(9,5(4)8)2-17-20(13,14)15;;;;;;;;;;;/h3-5,7-9H,1-2H2,(H2,10,11,12)(H2,13,14,15);;;;8*1H2/q;3*+1;;;;;;;;/p-3/t3-,4-,5+,6?;;;;;;;;;;;/m1.........../s1. The molecular formula is C6H27Na3O20P2. The van der Waals surface area contributed by atoms with Gasteiger partial charge in [-0.15, -0.1) is 0 Å². The number of phosphoric acid groups is 2. The summed E-state index contributed by atoms with van der Waals surface area (Å²) in [5, 5.41) is 28.6. The van der Waals surface area contributed by atoms with Crippen molar-refractivity contribution in [1.29, 1.82) is 0 Å². The number of hydrogen-bond donors (Lipinski definition) is 4. The maximum absolute atomic E-state index is 10.4. The minimum atomic E-state index is -5.37. The number of ether oxygens (including phenoxy) is 1. The zero-order valence-corrected chi connectivity index (χ0v) is 24.4. The van der Waals surface area contributed by atoms with Crippen LogP contribution in [0.4, 0.5) is 0 Å². The van der Waals surface area contributed by atoms with Crippen LogP contribution < -0.4 is 103 Å². The van der Waals surface area contributed by atoms with E-state index in [0.29, 0.717) is 0 Å². The van der Waals surface area contributed by atoms with E-state index >= 15 is 0 Å². The molecule has 0 aliphatic carbocycles. The molecule has 1 aliphatic heterocycles. The van der Waals surface area contributed by atoms with E-state index in [-0.39, 0.29) is 132 Å². The largest absolute Gasteiger partial charge is 1.00 e. The molecule has 1 aliphatic rings. The molecule has 0 saturated carbocycles. The fraction of sp³-hybridized carbons (Fsp3) is 1.00. The van der Waals surface area contributed by atoms with E-state index in [4.69, 9.17) is 4.89 Å². The Kier molecular flexibility index (Phi) is 61.7. The van der Waals surface area contributed by atoms with Crippen molar-refractivity contribution in [2.45, 2.75) is 24.1 Å². The summed E-state index contributed by atoms with van der Waals surface area (Å²) in [6.45, 7) is -2.29. The molecule has 184 valence electrons. The fourth-order valence-electron chi connectivity index (χ4n) is 1.46. The third-order valence-electron chi connectivity index (χ3n) is 2.35. The van der Waals surface area contributed by atoms with Crippen molar-refractivity contribution in [3.8, 4) is 0 Å². The van der Waals surface area contributed by atoms with Crippen LogP contribution in [-0.2, 0) is 22.9 Å². The van der Waals surface area contributed by atoms with E-state index in [1.807, 2.05) is 0 Å². The van der Waals surface area contributed by atoms with Crippen LogP contribution in [-0.4, -0.2) is 101 Å². The molecule has 20 N–H and O–H groups in total. The second-order valence-electron chi connectivity index (χ2n) is 3.92. The second-order valence-corrected chi connectivity index (χ2v) is 6.27. The Balaban J connectivity index is -0.0000000404. The van der Waals surface area contributed by atoms with Gasteiger partial charge in [-0.2, -0.15) is 0 Å². The average Bonchev–Trinajstić information content (AvgIpc) is 2.48. The van der Waals surface area contributed by atoms with Crippen LogP contribution >= 0.6 is 15.6 Å². The van der Waals surface area contributed by atoms with Crippen molar-refractivity contribution < 1.29 is 190 Å². The normalized spacial score (nSPS) is 24.4. The molecule has 0 radical (unpaired) electrons.